The molecule has 0 spiro atoms. The molecule has 5 heteroatoms. The first kappa shape index (κ1) is 21.1. The van der Waals surface area contributed by atoms with E-state index >= 15 is 0 Å². The van der Waals surface area contributed by atoms with Gasteiger partial charge in [0.15, 0.2) is 0 Å². The van der Waals surface area contributed by atoms with Crippen molar-refractivity contribution in [3.8, 4) is 0 Å². The van der Waals surface area contributed by atoms with Crippen molar-refractivity contribution in [3.05, 3.63) is 71.0 Å². The molecule has 1 amide bonds. The Balaban J connectivity index is 0.00000312. The van der Waals surface area contributed by atoms with Gasteiger partial charge in [-0.2, -0.15) is 0 Å². The van der Waals surface area contributed by atoms with Crippen LogP contribution in [0.5, 0.6) is 0 Å². The maximum Gasteiger partial charge on any atom is 0.220 e. The highest BCUT2D eigenvalue weighted by molar-refractivity contribution is 5.85. The van der Waals surface area contributed by atoms with Gasteiger partial charge in [-0.15, -0.1) is 12.4 Å². The summed E-state index contributed by atoms with van der Waals surface area (Å²) in [6.45, 7) is 3.38. The van der Waals surface area contributed by atoms with Crippen molar-refractivity contribution in [3.63, 3.8) is 0 Å². The minimum atomic E-state index is -0.231. The number of carbonyl (C=O) groups is 1. The van der Waals surface area contributed by atoms with Gasteiger partial charge in [-0.1, -0.05) is 43.3 Å². The summed E-state index contributed by atoms with van der Waals surface area (Å²) in [6.07, 6.45) is 1.14. The lowest BCUT2D eigenvalue weighted by Gasteiger charge is -2.12. The third kappa shape index (κ3) is 7.67. The zero-order valence-corrected chi connectivity index (χ0v) is 15.5. The molecule has 0 bridgehead atoms. The Labute approximate surface area is 155 Å². The molecule has 2 N–H and O–H groups in total. The van der Waals surface area contributed by atoms with E-state index in [-0.39, 0.29) is 30.0 Å². The highest BCUT2D eigenvalue weighted by Gasteiger charge is 2.10. The quantitative estimate of drug-likeness (QED) is 0.747. The van der Waals surface area contributed by atoms with Crippen molar-refractivity contribution in [1.82, 2.24) is 10.6 Å². The molecule has 136 valence electrons. The number of nitrogens with one attached hydrogen (secondary N) is 2. The second-order valence-corrected chi connectivity index (χ2v) is 6.27. The van der Waals surface area contributed by atoms with Gasteiger partial charge in [0, 0.05) is 19.5 Å². The zero-order chi connectivity index (χ0) is 17.4. The summed E-state index contributed by atoms with van der Waals surface area (Å²) >= 11 is 0. The Hall–Kier alpha value is -1.91. The minimum absolute atomic E-state index is 0. The number of rotatable bonds is 8. The second kappa shape index (κ2) is 10.9. The summed E-state index contributed by atoms with van der Waals surface area (Å²) < 4.78 is 13.2. The van der Waals surface area contributed by atoms with Crippen LogP contribution < -0.4 is 10.6 Å². The van der Waals surface area contributed by atoms with Gasteiger partial charge in [-0.05, 0) is 48.2 Å². The summed E-state index contributed by atoms with van der Waals surface area (Å²) in [4.78, 5) is 12.1. The SMILES string of the molecule is CNCc1ccc(CNC(=O)CC(C)Cc2cccc(F)c2)cc1.Cl. The number of hydrogen-bond donors (Lipinski definition) is 2. The molecule has 3 nitrogen and oxygen atoms in total. The first-order valence-electron chi connectivity index (χ1n) is 8.30. The van der Waals surface area contributed by atoms with E-state index in [0.717, 1.165) is 17.7 Å². The van der Waals surface area contributed by atoms with Crippen molar-refractivity contribution >= 4 is 18.3 Å². The smallest absolute Gasteiger partial charge is 0.220 e. The van der Waals surface area contributed by atoms with Crippen LogP contribution in [0.1, 0.15) is 30.0 Å². The maximum atomic E-state index is 13.2. The average Bonchev–Trinajstić information content (AvgIpc) is 2.54. The predicted molar refractivity (Wildman–Crippen MR) is 102 cm³/mol. The van der Waals surface area contributed by atoms with Crippen molar-refractivity contribution in [2.24, 2.45) is 5.92 Å². The van der Waals surface area contributed by atoms with Crippen molar-refractivity contribution in [1.29, 1.82) is 0 Å². The number of carbonyl (C=O) groups excluding carboxylic acids is 1. The lowest BCUT2D eigenvalue weighted by molar-refractivity contribution is -0.122. The molecule has 25 heavy (non-hydrogen) atoms. The highest BCUT2D eigenvalue weighted by Crippen LogP contribution is 2.13. The third-order valence-electron chi connectivity index (χ3n) is 3.90. The molecule has 1 atom stereocenters. The lowest BCUT2D eigenvalue weighted by Crippen LogP contribution is -2.25. The van der Waals surface area contributed by atoms with E-state index in [1.54, 1.807) is 6.07 Å². The summed E-state index contributed by atoms with van der Waals surface area (Å²) in [5.41, 5.74) is 3.23. The van der Waals surface area contributed by atoms with E-state index in [2.05, 4.69) is 22.8 Å². The molecule has 1 unspecified atom stereocenters. The van der Waals surface area contributed by atoms with Gasteiger partial charge >= 0.3 is 0 Å². The Morgan fingerprint density at radius 2 is 1.68 bits per heavy atom. The highest BCUT2D eigenvalue weighted by atomic mass is 35.5. The normalized spacial score (nSPS) is 11.5. The van der Waals surface area contributed by atoms with Crippen LogP contribution in [0, 0.1) is 11.7 Å². The van der Waals surface area contributed by atoms with Crippen molar-refractivity contribution < 1.29 is 9.18 Å². The van der Waals surface area contributed by atoms with Crippen molar-refractivity contribution in [2.45, 2.75) is 32.9 Å². The molecule has 0 aliphatic carbocycles. The summed E-state index contributed by atoms with van der Waals surface area (Å²) in [5.74, 6) is -0.0334. The Morgan fingerprint density at radius 3 is 2.28 bits per heavy atom. The fourth-order valence-corrected chi connectivity index (χ4v) is 2.71. The summed E-state index contributed by atoms with van der Waals surface area (Å²) in [6, 6.07) is 14.7. The van der Waals surface area contributed by atoms with E-state index < -0.39 is 0 Å². The number of halogens is 2. The third-order valence-corrected chi connectivity index (χ3v) is 3.90. The number of amides is 1. The van der Waals surface area contributed by atoms with Crippen LogP contribution in [-0.2, 0) is 24.3 Å². The predicted octanol–water partition coefficient (Wildman–Crippen LogP) is 3.85. The molecule has 0 fully saturated rings. The van der Waals surface area contributed by atoms with Gasteiger partial charge in [-0.25, -0.2) is 4.39 Å². The van der Waals surface area contributed by atoms with E-state index in [1.807, 2.05) is 32.2 Å². The van der Waals surface area contributed by atoms with Gasteiger partial charge in [0.2, 0.25) is 5.91 Å². The van der Waals surface area contributed by atoms with Crippen LogP contribution in [-0.4, -0.2) is 13.0 Å². The molecule has 0 heterocycles. The van der Waals surface area contributed by atoms with Gasteiger partial charge in [0.05, 0.1) is 0 Å². The van der Waals surface area contributed by atoms with E-state index in [1.165, 1.54) is 17.7 Å². The first-order chi connectivity index (χ1) is 11.6. The average molecular weight is 365 g/mol. The lowest BCUT2D eigenvalue weighted by atomic mass is 9.97. The zero-order valence-electron chi connectivity index (χ0n) is 14.7. The fourth-order valence-electron chi connectivity index (χ4n) is 2.71. The van der Waals surface area contributed by atoms with Crippen molar-refractivity contribution in [2.75, 3.05) is 7.05 Å². The number of benzene rings is 2. The van der Waals surface area contributed by atoms with Gasteiger partial charge in [-0.3, -0.25) is 4.79 Å². The van der Waals surface area contributed by atoms with Crippen LogP contribution in [0.4, 0.5) is 4.39 Å². The molecular formula is C20H26ClFN2O. The van der Waals surface area contributed by atoms with Gasteiger partial charge in [0.1, 0.15) is 5.82 Å². The van der Waals surface area contributed by atoms with Crippen LogP contribution in [0.3, 0.4) is 0 Å². The maximum absolute atomic E-state index is 13.2. The second-order valence-electron chi connectivity index (χ2n) is 6.27. The first-order valence-corrected chi connectivity index (χ1v) is 8.30. The molecule has 2 aromatic carbocycles. The van der Waals surface area contributed by atoms with Crippen LogP contribution >= 0.6 is 12.4 Å². The number of hydrogen-bond acceptors (Lipinski definition) is 2. The molecular weight excluding hydrogens is 339 g/mol. The van der Waals surface area contributed by atoms with Crippen LogP contribution in [0.15, 0.2) is 48.5 Å². The molecule has 2 rings (SSSR count). The minimum Gasteiger partial charge on any atom is -0.352 e. The molecule has 0 saturated carbocycles. The molecule has 2 aromatic rings. The molecule has 0 saturated heterocycles. The standard InChI is InChI=1S/C20H25FN2O.ClH/c1-15(10-18-4-3-5-19(21)12-18)11-20(24)23-14-17-8-6-16(7-9-17)13-22-2;/h3-9,12,15,22H,10-11,13-14H2,1-2H3,(H,23,24);1H. The monoisotopic (exact) mass is 364 g/mol. The topological polar surface area (TPSA) is 41.1 Å². The molecule has 0 aliphatic rings. The van der Waals surface area contributed by atoms with Gasteiger partial charge in [0.25, 0.3) is 0 Å². The largest absolute Gasteiger partial charge is 0.352 e. The fraction of sp³-hybridized carbons (Fsp3) is 0.350. The Bertz CT molecular complexity index is 661. The van der Waals surface area contributed by atoms with E-state index in [9.17, 15) is 9.18 Å². The Morgan fingerprint density at radius 1 is 1.04 bits per heavy atom. The van der Waals surface area contributed by atoms with Crippen LogP contribution in [0.2, 0.25) is 0 Å². The van der Waals surface area contributed by atoms with Gasteiger partial charge < -0.3 is 10.6 Å². The molecule has 0 aromatic heterocycles. The summed E-state index contributed by atoms with van der Waals surface area (Å²) in [7, 11) is 1.92. The molecule has 0 radical (unpaired) electrons. The van der Waals surface area contributed by atoms with E-state index in [4.69, 9.17) is 0 Å². The Kier molecular flexibility index (Phi) is 9.17. The molecule has 0 aliphatic heterocycles. The summed E-state index contributed by atoms with van der Waals surface area (Å²) in [5, 5.41) is 6.06. The van der Waals surface area contributed by atoms with Crippen LogP contribution in [0.25, 0.3) is 0 Å². The van der Waals surface area contributed by atoms with E-state index in [0.29, 0.717) is 19.4 Å².